The molecule has 18 heavy (non-hydrogen) atoms. The Bertz CT molecular complexity index is 396. The van der Waals surface area contributed by atoms with E-state index in [4.69, 9.17) is 4.74 Å². The Hall–Kier alpha value is -1.20. The van der Waals surface area contributed by atoms with E-state index in [-0.39, 0.29) is 11.7 Å². The van der Waals surface area contributed by atoms with Crippen molar-refractivity contribution in [3.8, 4) is 0 Å². The fraction of sp³-hybridized carbons (Fsp3) is 0.538. The third-order valence-electron chi connectivity index (χ3n) is 2.95. The third kappa shape index (κ3) is 3.65. The lowest BCUT2D eigenvalue weighted by atomic mass is 10.1. The third-order valence-corrected chi connectivity index (χ3v) is 3.87. The Morgan fingerprint density at radius 1 is 1.28 bits per heavy atom. The number of ketones is 1. The minimum atomic E-state index is 0.136. The molecule has 0 aromatic carbocycles. The molecule has 1 aliphatic heterocycles. The van der Waals surface area contributed by atoms with Crippen molar-refractivity contribution in [2.45, 2.75) is 19.3 Å². The minimum absolute atomic E-state index is 0.136. The molecule has 2 rings (SSSR count). The number of amides is 1. The van der Waals surface area contributed by atoms with E-state index in [0.29, 0.717) is 45.6 Å². The summed E-state index contributed by atoms with van der Waals surface area (Å²) in [7, 11) is 0. The van der Waals surface area contributed by atoms with Crippen molar-refractivity contribution in [3.63, 3.8) is 0 Å². The molecule has 0 unspecified atom stereocenters. The Balaban J connectivity index is 1.68. The van der Waals surface area contributed by atoms with Crippen LogP contribution in [0.4, 0.5) is 0 Å². The predicted molar refractivity (Wildman–Crippen MR) is 69.9 cm³/mol. The van der Waals surface area contributed by atoms with Gasteiger partial charge in [0, 0.05) is 25.9 Å². The van der Waals surface area contributed by atoms with Gasteiger partial charge in [0.15, 0.2) is 5.78 Å². The summed E-state index contributed by atoms with van der Waals surface area (Å²) in [6.45, 7) is 2.61. The average Bonchev–Trinajstić information content (AvgIpc) is 2.93. The Morgan fingerprint density at radius 3 is 2.72 bits per heavy atom. The lowest BCUT2D eigenvalue weighted by molar-refractivity contribution is -0.135. The summed E-state index contributed by atoms with van der Waals surface area (Å²) in [4.78, 5) is 26.2. The zero-order valence-electron chi connectivity index (χ0n) is 10.3. The number of nitrogens with zero attached hydrogens (tertiary/aromatic N) is 1. The second-order valence-corrected chi connectivity index (χ2v) is 5.19. The number of carbonyl (C=O) groups is 2. The van der Waals surface area contributed by atoms with Crippen molar-refractivity contribution in [1.82, 2.24) is 4.90 Å². The van der Waals surface area contributed by atoms with Crippen LogP contribution in [0.25, 0.3) is 0 Å². The van der Waals surface area contributed by atoms with E-state index in [1.165, 1.54) is 11.3 Å². The van der Waals surface area contributed by atoms with Crippen LogP contribution in [-0.4, -0.2) is 42.9 Å². The highest BCUT2D eigenvalue weighted by Crippen LogP contribution is 2.13. The van der Waals surface area contributed by atoms with Gasteiger partial charge in [-0.2, -0.15) is 0 Å². The zero-order valence-corrected chi connectivity index (χ0v) is 11.1. The number of thiophene rings is 1. The topological polar surface area (TPSA) is 46.6 Å². The molecule has 4 nitrogen and oxygen atoms in total. The van der Waals surface area contributed by atoms with E-state index < -0.39 is 0 Å². The molecule has 98 valence electrons. The normalized spacial score (nSPS) is 15.7. The lowest BCUT2D eigenvalue weighted by Gasteiger charge is -2.26. The molecule has 5 heteroatoms. The molecule has 0 saturated carbocycles. The predicted octanol–water partition coefficient (Wildman–Crippen LogP) is 1.96. The SMILES string of the molecule is O=C(CCCC(=O)N1CCOCC1)c1cccs1. The highest BCUT2D eigenvalue weighted by Gasteiger charge is 2.16. The zero-order chi connectivity index (χ0) is 12.8. The van der Waals surface area contributed by atoms with Crippen molar-refractivity contribution in [2.75, 3.05) is 26.3 Å². The maximum atomic E-state index is 11.8. The van der Waals surface area contributed by atoms with Crippen LogP contribution < -0.4 is 0 Å². The summed E-state index contributed by atoms with van der Waals surface area (Å²) in [5.41, 5.74) is 0. The second-order valence-electron chi connectivity index (χ2n) is 4.25. The molecule has 0 aliphatic carbocycles. The number of carbonyl (C=O) groups excluding carboxylic acids is 2. The molecule has 1 fully saturated rings. The number of Topliss-reactive ketones (excluding diaryl/α,β-unsaturated/α-hetero) is 1. The number of hydrogen-bond donors (Lipinski definition) is 0. The van der Waals surface area contributed by atoms with Gasteiger partial charge in [-0.1, -0.05) is 6.07 Å². The summed E-state index contributed by atoms with van der Waals surface area (Å²) in [5.74, 6) is 0.275. The second kappa shape index (κ2) is 6.66. The van der Waals surface area contributed by atoms with E-state index in [1.54, 1.807) is 0 Å². The molecule has 1 aromatic heterocycles. The van der Waals surface area contributed by atoms with Crippen LogP contribution in [0.3, 0.4) is 0 Å². The molecule has 0 atom stereocenters. The summed E-state index contributed by atoms with van der Waals surface area (Å²) in [6, 6.07) is 3.70. The molecule has 1 saturated heterocycles. The summed E-state index contributed by atoms with van der Waals surface area (Å²) >= 11 is 1.46. The molecule has 1 aliphatic rings. The van der Waals surface area contributed by atoms with Crippen LogP contribution in [0.15, 0.2) is 17.5 Å². The van der Waals surface area contributed by atoms with Gasteiger partial charge in [0.1, 0.15) is 0 Å². The van der Waals surface area contributed by atoms with E-state index in [0.717, 1.165) is 4.88 Å². The van der Waals surface area contributed by atoms with Gasteiger partial charge >= 0.3 is 0 Å². The highest BCUT2D eigenvalue weighted by molar-refractivity contribution is 7.12. The summed E-state index contributed by atoms with van der Waals surface area (Å²) in [6.07, 6.45) is 1.54. The maximum absolute atomic E-state index is 11.8. The minimum Gasteiger partial charge on any atom is -0.378 e. The fourth-order valence-electron chi connectivity index (χ4n) is 1.93. The van der Waals surface area contributed by atoms with Crippen LogP contribution >= 0.6 is 11.3 Å². The van der Waals surface area contributed by atoms with Crippen molar-refractivity contribution in [1.29, 1.82) is 0 Å². The van der Waals surface area contributed by atoms with E-state index in [1.807, 2.05) is 22.4 Å². The number of hydrogen-bond acceptors (Lipinski definition) is 4. The molecular formula is C13H17NO3S. The average molecular weight is 267 g/mol. The maximum Gasteiger partial charge on any atom is 0.222 e. The molecule has 1 aromatic rings. The quantitative estimate of drug-likeness (QED) is 0.766. The van der Waals surface area contributed by atoms with Gasteiger partial charge in [0.25, 0.3) is 0 Å². The van der Waals surface area contributed by atoms with Gasteiger partial charge in [0.2, 0.25) is 5.91 Å². The van der Waals surface area contributed by atoms with Crippen molar-refractivity contribution in [2.24, 2.45) is 0 Å². The lowest BCUT2D eigenvalue weighted by Crippen LogP contribution is -2.40. The highest BCUT2D eigenvalue weighted by atomic mass is 32.1. The van der Waals surface area contributed by atoms with Gasteiger partial charge < -0.3 is 9.64 Å². The summed E-state index contributed by atoms with van der Waals surface area (Å²) < 4.78 is 5.19. The molecule has 0 radical (unpaired) electrons. The smallest absolute Gasteiger partial charge is 0.222 e. The van der Waals surface area contributed by atoms with E-state index >= 15 is 0 Å². The molecule has 0 spiro atoms. The van der Waals surface area contributed by atoms with Crippen LogP contribution in [0.5, 0.6) is 0 Å². The number of morpholine rings is 1. The first-order chi connectivity index (χ1) is 8.77. The molecule has 1 amide bonds. The van der Waals surface area contributed by atoms with Gasteiger partial charge in [-0.3, -0.25) is 9.59 Å². The molecule has 0 N–H and O–H groups in total. The van der Waals surface area contributed by atoms with Gasteiger partial charge in [-0.25, -0.2) is 0 Å². The molecule has 0 bridgehead atoms. The summed E-state index contributed by atoms with van der Waals surface area (Å²) in [5, 5.41) is 1.89. The first-order valence-corrected chi connectivity index (χ1v) is 7.07. The largest absolute Gasteiger partial charge is 0.378 e. The van der Waals surface area contributed by atoms with Crippen molar-refractivity contribution >= 4 is 23.0 Å². The fourth-order valence-corrected chi connectivity index (χ4v) is 2.63. The molecular weight excluding hydrogens is 250 g/mol. The standard InChI is InChI=1S/C13H17NO3S/c15-11(12-4-2-10-18-12)3-1-5-13(16)14-6-8-17-9-7-14/h2,4,10H,1,3,5-9H2. The van der Waals surface area contributed by atoms with Crippen molar-refractivity contribution in [3.05, 3.63) is 22.4 Å². The van der Waals surface area contributed by atoms with Gasteiger partial charge in [-0.05, 0) is 17.9 Å². The van der Waals surface area contributed by atoms with Gasteiger partial charge in [-0.15, -0.1) is 11.3 Å². The van der Waals surface area contributed by atoms with Crippen LogP contribution in [0.1, 0.15) is 28.9 Å². The van der Waals surface area contributed by atoms with E-state index in [2.05, 4.69) is 0 Å². The van der Waals surface area contributed by atoms with Crippen molar-refractivity contribution < 1.29 is 14.3 Å². The van der Waals surface area contributed by atoms with Gasteiger partial charge in [0.05, 0.1) is 18.1 Å². The Labute approximate surface area is 111 Å². The van der Waals surface area contributed by atoms with E-state index in [9.17, 15) is 9.59 Å². The number of ether oxygens (including phenoxy) is 1. The Kier molecular flexibility index (Phi) is 4.90. The number of rotatable bonds is 5. The Morgan fingerprint density at radius 2 is 2.06 bits per heavy atom. The van der Waals surface area contributed by atoms with Crippen LogP contribution in [0, 0.1) is 0 Å². The molecule has 2 heterocycles. The monoisotopic (exact) mass is 267 g/mol. The first-order valence-electron chi connectivity index (χ1n) is 6.19. The first kappa shape index (κ1) is 13.2. The van der Waals surface area contributed by atoms with Crippen LogP contribution in [-0.2, 0) is 9.53 Å². The van der Waals surface area contributed by atoms with Crippen LogP contribution in [0.2, 0.25) is 0 Å².